The number of halogens is 1. The van der Waals surface area contributed by atoms with Gasteiger partial charge < -0.3 is 14.2 Å². The van der Waals surface area contributed by atoms with Crippen LogP contribution in [0.15, 0.2) is 62.9 Å². The molecule has 174 valence electrons. The van der Waals surface area contributed by atoms with Crippen molar-refractivity contribution in [2.45, 2.75) is 19.9 Å². The van der Waals surface area contributed by atoms with Gasteiger partial charge in [-0.05, 0) is 37.6 Å². The summed E-state index contributed by atoms with van der Waals surface area (Å²) >= 11 is 5.94. The first-order valence-corrected chi connectivity index (χ1v) is 11.1. The number of hydrogen-bond acceptors (Lipinski definition) is 8. The van der Waals surface area contributed by atoms with Crippen LogP contribution in [0.1, 0.15) is 29.8 Å². The molecule has 0 bridgehead atoms. The van der Waals surface area contributed by atoms with Crippen LogP contribution in [-0.4, -0.2) is 19.7 Å². The molecule has 1 atom stereocenters. The molecule has 0 aliphatic carbocycles. The molecule has 35 heavy (non-hydrogen) atoms. The molecule has 4 heterocycles. The van der Waals surface area contributed by atoms with Gasteiger partial charge in [0.2, 0.25) is 5.43 Å². The van der Waals surface area contributed by atoms with E-state index in [-0.39, 0.29) is 22.3 Å². The highest BCUT2D eigenvalue weighted by Crippen LogP contribution is 2.35. The van der Waals surface area contributed by atoms with Crippen molar-refractivity contribution < 1.29 is 8.83 Å². The van der Waals surface area contributed by atoms with Gasteiger partial charge in [-0.15, -0.1) is 0 Å². The van der Waals surface area contributed by atoms with Gasteiger partial charge in [0.1, 0.15) is 28.8 Å². The van der Waals surface area contributed by atoms with E-state index in [1.807, 2.05) is 19.9 Å². The van der Waals surface area contributed by atoms with Crippen molar-refractivity contribution in [2.75, 3.05) is 5.32 Å². The Morgan fingerprint density at radius 2 is 2.11 bits per heavy atom. The molecule has 0 aliphatic rings. The summed E-state index contributed by atoms with van der Waals surface area (Å²) in [7, 11) is 1.78. The standard InChI is InChI=1S/C25H19ClN6O3/c1-13-6-16(14(2)30-18-4-5-21(26)31-19(18)8-27)25-17(7-13)23(33)22(20-11-34-12-28-20)24(35-25)15-9-29-32(3)10-15/h4-7,9-12,14,30H,1-3H3/t14-/m1/s1. The topological polar surface area (TPSA) is 123 Å². The van der Waals surface area contributed by atoms with Crippen molar-refractivity contribution >= 4 is 28.3 Å². The number of nitrogens with one attached hydrogen (secondary N) is 1. The van der Waals surface area contributed by atoms with Gasteiger partial charge in [0.05, 0.1) is 34.4 Å². The Kier molecular flexibility index (Phi) is 5.59. The number of oxazole rings is 1. The molecular weight excluding hydrogens is 468 g/mol. The monoisotopic (exact) mass is 486 g/mol. The van der Waals surface area contributed by atoms with Crippen LogP contribution in [0, 0.1) is 18.3 Å². The number of pyridine rings is 1. The fraction of sp³-hybridized carbons (Fsp3) is 0.160. The lowest BCUT2D eigenvalue weighted by molar-refractivity contribution is 0.558. The van der Waals surface area contributed by atoms with Crippen LogP contribution in [0.2, 0.25) is 5.15 Å². The highest BCUT2D eigenvalue weighted by Gasteiger charge is 2.24. The first-order valence-electron chi connectivity index (χ1n) is 10.7. The summed E-state index contributed by atoms with van der Waals surface area (Å²) in [6.07, 6.45) is 6.08. The molecule has 1 N–H and O–H groups in total. The maximum atomic E-state index is 13.8. The highest BCUT2D eigenvalue weighted by molar-refractivity contribution is 6.29. The zero-order chi connectivity index (χ0) is 24.7. The quantitative estimate of drug-likeness (QED) is 0.334. The second kappa shape index (κ2) is 8.74. The third kappa shape index (κ3) is 4.05. The Hall–Kier alpha value is -4.42. The van der Waals surface area contributed by atoms with Gasteiger partial charge in [0.15, 0.2) is 17.8 Å². The molecule has 1 aromatic carbocycles. The van der Waals surface area contributed by atoms with Crippen LogP contribution in [0.4, 0.5) is 5.69 Å². The Morgan fingerprint density at radius 1 is 1.29 bits per heavy atom. The van der Waals surface area contributed by atoms with E-state index in [1.165, 1.54) is 12.7 Å². The van der Waals surface area contributed by atoms with Crippen molar-refractivity contribution in [1.29, 1.82) is 5.26 Å². The van der Waals surface area contributed by atoms with Gasteiger partial charge in [-0.2, -0.15) is 10.4 Å². The molecule has 0 amide bonds. The molecule has 5 rings (SSSR count). The second-order valence-electron chi connectivity index (χ2n) is 8.15. The lowest BCUT2D eigenvalue weighted by Gasteiger charge is -2.19. The largest absolute Gasteiger partial charge is 0.455 e. The zero-order valence-corrected chi connectivity index (χ0v) is 19.8. The lowest BCUT2D eigenvalue weighted by atomic mass is 9.98. The van der Waals surface area contributed by atoms with Crippen molar-refractivity contribution in [3.05, 3.63) is 81.5 Å². The van der Waals surface area contributed by atoms with E-state index in [0.29, 0.717) is 39.2 Å². The predicted octanol–water partition coefficient (Wildman–Crippen LogP) is 5.25. The summed E-state index contributed by atoms with van der Waals surface area (Å²) in [4.78, 5) is 22.1. The number of aryl methyl sites for hydroxylation is 2. The molecular formula is C25H19ClN6O3. The number of rotatable bonds is 5. The maximum Gasteiger partial charge on any atom is 0.202 e. The Bertz CT molecular complexity index is 1660. The van der Waals surface area contributed by atoms with Crippen LogP contribution < -0.4 is 10.7 Å². The third-order valence-corrected chi connectivity index (χ3v) is 5.84. The first-order chi connectivity index (χ1) is 16.9. The molecule has 0 radical (unpaired) electrons. The van der Waals surface area contributed by atoms with E-state index in [0.717, 1.165) is 11.1 Å². The summed E-state index contributed by atoms with van der Waals surface area (Å²) in [5, 5.41) is 17.6. The van der Waals surface area contributed by atoms with Gasteiger partial charge in [0.25, 0.3) is 0 Å². The first kappa shape index (κ1) is 22.4. The summed E-state index contributed by atoms with van der Waals surface area (Å²) in [6.45, 7) is 3.82. The summed E-state index contributed by atoms with van der Waals surface area (Å²) in [5.41, 5.74) is 3.81. The van der Waals surface area contributed by atoms with Crippen LogP contribution in [0.3, 0.4) is 0 Å². The van der Waals surface area contributed by atoms with Gasteiger partial charge >= 0.3 is 0 Å². The van der Waals surface area contributed by atoms with Gasteiger partial charge in [-0.1, -0.05) is 17.7 Å². The van der Waals surface area contributed by atoms with Crippen LogP contribution >= 0.6 is 11.6 Å². The Balaban J connectivity index is 1.74. The van der Waals surface area contributed by atoms with E-state index in [9.17, 15) is 10.1 Å². The minimum atomic E-state index is -0.338. The Morgan fingerprint density at radius 3 is 2.80 bits per heavy atom. The SMILES string of the molecule is Cc1cc([C@@H](C)Nc2ccc(Cl)nc2C#N)c2oc(-c3cnn(C)c3)c(-c3cocn3)c(=O)c2c1. The van der Waals surface area contributed by atoms with Gasteiger partial charge in [0, 0.05) is 18.8 Å². The Labute approximate surface area is 204 Å². The normalized spacial score (nSPS) is 12.0. The summed E-state index contributed by atoms with van der Waals surface area (Å²) < 4.78 is 13.2. The number of benzene rings is 1. The van der Waals surface area contributed by atoms with Crippen LogP contribution in [0.25, 0.3) is 33.6 Å². The fourth-order valence-electron chi connectivity index (χ4n) is 4.05. The van der Waals surface area contributed by atoms with Gasteiger partial charge in [-0.25, -0.2) is 9.97 Å². The molecule has 5 aromatic rings. The molecule has 0 fully saturated rings. The van der Waals surface area contributed by atoms with Gasteiger partial charge in [-0.3, -0.25) is 9.48 Å². The molecule has 0 saturated carbocycles. The van der Waals surface area contributed by atoms with E-state index >= 15 is 0 Å². The lowest BCUT2D eigenvalue weighted by Crippen LogP contribution is -2.13. The second-order valence-corrected chi connectivity index (χ2v) is 8.54. The number of nitriles is 1. The third-order valence-electron chi connectivity index (χ3n) is 5.63. The minimum Gasteiger partial charge on any atom is -0.455 e. The number of nitrogens with zero attached hydrogens (tertiary/aromatic N) is 5. The van der Waals surface area contributed by atoms with E-state index < -0.39 is 0 Å². The van der Waals surface area contributed by atoms with Crippen LogP contribution in [0.5, 0.6) is 0 Å². The maximum absolute atomic E-state index is 13.8. The smallest absolute Gasteiger partial charge is 0.202 e. The minimum absolute atomic E-state index is 0.173. The predicted molar refractivity (Wildman–Crippen MR) is 131 cm³/mol. The van der Waals surface area contributed by atoms with Crippen molar-refractivity contribution in [3.63, 3.8) is 0 Å². The summed E-state index contributed by atoms with van der Waals surface area (Å²) in [5.74, 6) is 0.340. The molecule has 0 saturated heterocycles. The van der Waals surface area contributed by atoms with E-state index in [2.05, 4.69) is 26.5 Å². The molecule has 9 nitrogen and oxygen atoms in total. The van der Waals surface area contributed by atoms with Crippen molar-refractivity contribution in [3.8, 4) is 28.7 Å². The molecule has 4 aromatic heterocycles. The zero-order valence-electron chi connectivity index (χ0n) is 19.0. The number of aromatic nitrogens is 4. The van der Waals surface area contributed by atoms with E-state index in [1.54, 1.807) is 42.3 Å². The molecule has 0 unspecified atom stereocenters. The van der Waals surface area contributed by atoms with Crippen molar-refractivity contribution in [1.82, 2.24) is 19.7 Å². The molecule has 10 heteroatoms. The highest BCUT2D eigenvalue weighted by atomic mass is 35.5. The summed E-state index contributed by atoms with van der Waals surface area (Å²) in [6, 6.07) is 8.75. The fourth-order valence-corrected chi connectivity index (χ4v) is 4.20. The van der Waals surface area contributed by atoms with Crippen molar-refractivity contribution in [2.24, 2.45) is 7.05 Å². The molecule has 0 spiro atoms. The number of hydrogen-bond donors (Lipinski definition) is 1. The average molecular weight is 487 g/mol. The average Bonchev–Trinajstić information content (AvgIpc) is 3.52. The molecule has 0 aliphatic heterocycles. The van der Waals surface area contributed by atoms with Crippen LogP contribution in [-0.2, 0) is 7.05 Å². The number of fused-ring (bicyclic) bond motifs is 1. The number of anilines is 1. The van der Waals surface area contributed by atoms with E-state index in [4.69, 9.17) is 20.4 Å².